The van der Waals surface area contributed by atoms with Crippen LogP contribution in [-0.2, 0) is 4.74 Å². The van der Waals surface area contributed by atoms with E-state index in [9.17, 15) is 13.6 Å². The van der Waals surface area contributed by atoms with E-state index in [0.29, 0.717) is 11.1 Å². The van der Waals surface area contributed by atoms with Crippen molar-refractivity contribution in [1.82, 2.24) is 0 Å². The van der Waals surface area contributed by atoms with Gasteiger partial charge >= 0.3 is 6.09 Å². The molecule has 6 heteroatoms. The second kappa shape index (κ2) is 13.0. The quantitative estimate of drug-likeness (QED) is 0.627. The van der Waals surface area contributed by atoms with Crippen LogP contribution in [0.5, 0.6) is 0 Å². The number of piperidine rings is 1. The van der Waals surface area contributed by atoms with E-state index in [2.05, 4.69) is 26.8 Å². The predicted molar refractivity (Wildman–Crippen MR) is 123 cm³/mol. The molecule has 0 atom stereocenters. The van der Waals surface area contributed by atoms with Gasteiger partial charge in [0, 0.05) is 0 Å². The smallest absolute Gasteiger partial charge is 0.405 e. The van der Waals surface area contributed by atoms with E-state index in [4.69, 9.17) is 10.5 Å². The number of carbonyl (C=O) groups is 1. The summed E-state index contributed by atoms with van der Waals surface area (Å²) in [6.07, 6.45) is 4.70. The minimum absolute atomic E-state index is 0.379. The molecule has 32 heavy (non-hydrogen) atoms. The van der Waals surface area contributed by atoms with Gasteiger partial charge in [0.1, 0.15) is 11.6 Å². The lowest BCUT2D eigenvalue weighted by Crippen LogP contribution is -3.12. The van der Waals surface area contributed by atoms with Crippen molar-refractivity contribution in [1.29, 1.82) is 0 Å². The van der Waals surface area contributed by atoms with Gasteiger partial charge in [-0.05, 0) is 74.1 Å². The summed E-state index contributed by atoms with van der Waals surface area (Å²) in [6.45, 7) is 10.7. The van der Waals surface area contributed by atoms with Gasteiger partial charge in [-0.3, -0.25) is 0 Å². The van der Waals surface area contributed by atoms with Gasteiger partial charge in [-0.1, -0.05) is 43.2 Å². The molecule has 3 rings (SSSR count). The highest BCUT2D eigenvalue weighted by molar-refractivity contribution is 5.65. The van der Waals surface area contributed by atoms with Crippen LogP contribution in [-0.4, -0.2) is 25.7 Å². The number of carbonyl (C=O) groups excluding carboxylic acids is 1. The zero-order chi connectivity index (χ0) is 23.5. The van der Waals surface area contributed by atoms with Crippen LogP contribution in [0.4, 0.5) is 13.6 Å². The first-order valence-corrected chi connectivity index (χ1v) is 11.2. The van der Waals surface area contributed by atoms with Crippen molar-refractivity contribution in [3.05, 3.63) is 82.9 Å². The molecule has 1 heterocycles. The molecule has 0 saturated carbocycles. The second-order valence-electron chi connectivity index (χ2n) is 8.51. The molecule has 1 amide bonds. The summed E-state index contributed by atoms with van der Waals surface area (Å²) in [5, 5.41) is 0. The van der Waals surface area contributed by atoms with E-state index in [1.165, 1.54) is 80.9 Å². The lowest BCUT2D eigenvalue weighted by atomic mass is 9.94. The molecular formula is C26H35F2N2O2+. The molecule has 0 radical (unpaired) electrons. The number of benzene rings is 2. The Balaban J connectivity index is 0.000000244. The summed E-state index contributed by atoms with van der Waals surface area (Å²) in [4.78, 5) is 12.7. The molecule has 1 aliphatic heterocycles. The largest absolute Gasteiger partial charge is 0.437 e. The number of quaternary nitrogens is 1. The van der Waals surface area contributed by atoms with Crippen LogP contribution in [0.1, 0.15) is 57.3 Å². The van der Waals surface area contributed by atoms with Crippen LogP contribution in [0.25, 0.3) is 0 Å². The van der Waals surface area contributed by atoms with Crippen molar-refractivity contribution >= 4 is 6.09 Å². The molecule has 2 aromatic rings. The molecule has 174 valence electrons. The van der Waals surface area contributed by atoms with Crippen LogP contribution in [0.3, 0.4) is 0 Å². The molecule has 3 N–H and O–H groups in total. The van der Waals surface area contributed by atoms with Crippen LogP contribution in [0.15, 0.2) is 60.2 Å². The summed E-state index contributed by atoms with van der Waals surface area (Å²) >= 11 is 0. The normalized spacial score (nSPS) is 17.8. The maximum absolute atomic E-state index is 13.2. The van der Waals surface area contributed by atoms with E-state index in [0.717, 1.165) is 5.92 Å². The molecule has 0 unspecified atom stereocenters. The average molecular weight is 446 g/mol. The Labute approximate surface area is 190 Å². The first-order chi connectivity index (χ1) is 15.3. The van der Waals surface area contributed by atoms with Gasteiger partial charge in [0.25, 0.3) is 0 Å². The van der Waals surface area contributed by atoms with Crippen molar-refractivity contribution in [3.8, 4) is 0 Å². The van der Waals surface area contributed by atoms with Gasteiger partial charge in [0.2, 0.25) is 0 Å². The number of ether oxygens (including phenoxy) is 1. The van der Waals surface area contributed by atoms with E-state index in [1.807, 2.05) is 0 Å². The van der Waals surface area contributed by atoms with Crippen molar-refractivity contribution in [2.45, 2.75) is 46.1 Å². The maximum atomic E-state index is 13.2. The van der Waals surface area contributed by atoms with E-state index < -0.39 is 23.8 Å². The molecule has 0 spiro atoms. The highest BCUT2D eigenvalue weighted by Crippen LogP contribution is 2.27. The lowest BCUT2D eigenvalue weighted by molar-refractivity contribution is -0.900. The predicted octanol–water partition coefficient (Wildman–Crippen LogP) is 4.81. The summed E-state index contributed by atoms with van der Waals surface area (Å²) in [6, 6.07) is 11.0. The van der Waals surface area contributed by atoms with Gasteiger partial charge in [0.05, 0.1) is 19.6 Å². The third-order valence-corrected chi connectivity index (χ3v) is 5.73. The van der Waals surface area contributed by atoms with E-state index in [-0.39, 0.29) is 0 Å². The van der Waals surface area contributed by atoms with Crippen molar-refractivity contribution in [3.63, 3.8) is 0 Å². The molecule has 1 fully saturated rings. The van der Waals surface area contributed by atoms with Crippen LogP contribution >= 0.6 is 0 Å². The Kier molecular flexibility index (Phi) is 10.3. The fourth-order valence-electron chi connectivity index (χ4n) is 3.83. The first kappa shape index (κ1) is 25.5. The van der Waals surface area contributed by atoms with Crippen LogP contribution in [0.2, 0.25) is 0 Å². The van der Waals surface area contributed by atoms with Crippen LogP contribution in [0, 0.1) is 17.6 Å². The Hall–Kier alpha value is -2.73. The van der Waals surface area contributed by atoms with Gasteiger partial charge < -0.3 is 15.4 Å². The fraction of sp³-hybridized carbons (Fsp3) is 0.423. The van der Waals surface area contributed by atoms with E-state index in [1.54, 1.807) is 17.0 Å². The summed E-state index contributed by atoms with van der Waals surface area (Å²) in [7, 11) is 0. The molecule has 1 saturated heterocycles. The summed E-state index contributed by atoms with van der Waals surface area (Å²) in [5.41, 5.74) is 7.22. The van der Waals surface area contributed by atoms with Gasteiger partial charge in [0.15, 0.2) is 6.10 Å². The Morgan fingerprint density at radius 2 is 1.62 bits per heavy atom. The summed E-state index contributed by atoms with van der Waals surface area (Å²) < 4.78 is 31.4. The van der Waals surface area contributed by atoms with Crippen LogP contribution < -0.4 is 10.6 Å². The molecule has 0 bridgehead atoms. The number of rotatable bonds is 6. The summed E-state index contributed by atoms with van der Waals surface area (Å²) in [5.74, 6) is 0.0643. The first-order valence-electron chi connectivity index (χ1n) is 11.2. The minimum Gasteiger partial charge on any atom is -0.437 e. The number of nitrogens with one attached hydrogen (secondary N) is 1. The maximum Gasteiger partial charge on any atom is 0.405 e. The third kappa shape index (κ3) is 8.79. The number of halogens is 2. The van der Waals surface area contributed by atoms with E-state index >= 15 is 0 Å². The lowest BCUT2D eigenvalue weighted by Gasteiger charge is -2.27. The minimum atomic E-state index is -1.02. The fourth-order valence-corrected chi connectivity index (χ4v) is 3.83. The number of likely N-dealkylation sites (tertiary alicyclic amines) is 1. The monoisotopic (exact) mass is 445 g/mol. The number of nitrogens with two attached hydrogens (primary N) is 1. The number of allylic oxidation sites excluding steroid dienone is 1. The van der Waals surface area contributed by atoms with Gasteiger partial charge in [-0.25, -0.2) is 13.6 Å². The number of hydrogen-bond acceptors (Lipinski definition) is 2. The molecule has 0 aromatic heterocycles. The van der Waals surface area contributed by atoms with Crippen molar-refractivity contribution < 1.29 is 23.2 Å². The molecule has 0 aliphatic carbocycles. The third-order valence-electron chi connectivity index (χ3n) is 5.73. The molecule has 4 nitrogen and oxygen atoms in total. The standard InChI is InChI=1S/C14H11F2NO2.C12H23N/c15-11-5-1-3-9(7-11)13(19-14(17)18)10-4-2-6-12(16)8-10;1-4-12-6-9-13(10-7-12)8-5-11(2)3/h1-8,13H,(H2,17,18);5,12H,4,6-10H2,1-3H3/p+1. The number of hydrogen-bond donors (Lipinski definition) is 2. The zero-order valence-electron chi connectivity index (χ0n) is 19.2. The Morgan fingerprint density at radius 3 is 2.03 bits per heavy atom. The molecular weight excluding hydrogens is 410 g/mol. The Morgan fingerprint density at radius 1 is 1.09 bits per heavy atom. The number of primary amides is 1. The second-order valence-corrected chi connectivity index (χ2v) is 8.51. The Bertz CT molecular complexity index is 843. The SMILES string of the molecule is CCC1CC[NH+](CC=C(C)C)CC1.NC(=O)OC(c1cccc(F)c1)c1cccc(F)c1. The average Bonchev–Trinajstić information content (AvgIpc) is 2.76. The highest BCUT2D eigenvalue weighted by atomic mass is 19.1. The van der Waals surface area contributed by atoms with Gasteiger partial charge in [-0.15, -0.1) is 0 Å². The molecule has 1 aliphatic rings. The topological polar surface area (TPSA) is 56.8 Å². The van der Waals surface area contributed by atoms with Crippen molar-refractivity contribution in [2.24, 2.45) is 11.7 Å². The molecule has 2 aromatic carbocycles. The van der Waals surface area contributed by atoms with Crippen molar-refractivity contribution in [2.75, 3.05) is 19.6 Å². The highest BCUT2D eigenvalue weighted by Gasteiger charge is 2.20. The van der Waals surface area contributed by atoms with Gasteiger partial charge in [-0.2, -0.15) is 0 Å². The zero-order valence-corrected chi connectivity index (χ0v) is 19.2. The number of amides is 1.